The van der Waals surface area contributed by atoms with E-state index in [9.17, 15) is 13.2 Å². The minimum Gasteiger partial charge on any atom is -0.251 e. The van der Waals surface area contributed by atoms with Gasteiger partial charge in [0.25, 0.3) is 0 Å². The molecule has 2 heterocycles. The SMILES string of the molecule is FC(F)(F)c1ncccc1[SH]1C=CC=C1. The minimum absolute atomic E-state index is 0.269. The normalized spacial score (nSPS) is 17.4. The van der Waals surface area contributed by atoms with Gasteiger partial charge in [0.1, 0.15) is 0 Å². The summed E-state index contributed by atoms with van der Waals surface area (Å²) in [6.07, 6.45) is 0.325. The van der Waals surface area contributed by atoms with Crippen molar-refractivity contribution in [3.05, 3.63) is 47.0 Å². The number of alkyl halides is 3. The summed E-state index contributed by atoms with van der Waals surface area (Å²) in [6, 6.07) is 3.02. The number of hydrogen-bond acceptors (Lipinski definition) is 1. The van der Waals surface area contributed by atoms with Gasteiger partial charge in [-0.2, -0.15) is 24.1 Å². The number of aromatic nitrogens is 1. The van der Waals surface area contributed by atoms with E-state index in [1.54, 1.807) is 23.0 Å². The Morgan fingerprint density at radius 2 is 1.80 bits per heavy atom. The fraction of sp³-hybridized carbons (Fsp3) is 0.100. The van der Waals surface area contributed by atoms with Gasteiger partial charge in [-0.15, -0.1) is 0 Å². The predicted octanol–water partition coefficient (Wildman–Crippen LogP) is 3.50. The zero-order valence-corrected chi connectivity index (χ0v) is 8.46. The average Bonchev–Trinajstić information content (AvgIpc) is 2.69. The molecule has 0 amide bonds. The second-order valence-corrected chi connectivity index (χ2v) is 4.85. The maximum absolute atomic E-state index is 12.6. The van der Waals surface area contributed by atoms with Gasteiger partial charge in [0, 0.05) is 11.1 Å². The van der Waals surface area contributed by atoms with Crippen molar-refractivity contribution in [1.29, 1.82) is 0 Å². The van der Waals surface area contributed by atoms with Crippen LogP contribution < -0.4 is 0 Å². The molecule has 0 spiro atoms. The van der Waals surface area contributed by atoms with Crippen LogP contribution in [-0.4, -0.2) is 4.98 Å². The number of thiol groups is 1. The summed E-state index contributed by atoms with van der Waals surface area (Å²) in [5.74, 6) is 0. The third-order valence-corrected chi connectivity index (χ3v) is 3.84. The third kappa shape index (κ3) is 2.07. The number of nitrogens with zero attached hydrogens (tertiary/aromatic N) is 1. The molecule has 5 heteroatoms. The van der Waals surface area contributed by atoms with Gasteiger partial charge in [0.2, 0.25) is 0 Å². The van der Waals surface area contributed by atoms with Crippen LogP contribution in [0.25, 0.3) is 0 Å². The standard InChI is InChI=1S/C10H8F3NS/c11-10(12,13)9-8(4-3-5-14-9)15-6-1-2-7-15/h1-7,15H. The molecule has 0 saturated carbocycles. The van der Waals surface area contributed by atoms with Gasteiger partial charge in [-0.1, -0.05) is 12.2 Å². The second-order valence-electron chi connectivity index (χ2n) is 2.96. The molecule has 0 radical (unpaired) electrons. The van der Waals surface area contributed by atoms with Crippen molar-refractivity contribution in [2.24, 2.45) is 0 Å². The summed E-state index contributed by atoms with van der Waals surface area (Å²) in [5, 5.41) is 3.56. The Morgan fingerprint density at radius 3 is 2.40 bits per heavy atom. The van der Waals surface area contributed by atoms with Gasteiger partial charge in [-0.3, -0.25) is 4.98 Å². The molecule has 15 heavy (non-hydrogen) atoms. The number of rotatable bonds is 1. The maximum atomic E-state index is 12.6. The first-order chi connectivity index (χ1) is 7.09. The van der Waals surface area contributed by atoms with E-state index in [0.29, 0.717) is 0 Å². The van der Waals surface area contributed by atoms with Gasteiger partial charge in [0.15, 0.2) is 5.69 Å². The van der Waals surface area contributed by atoms with Crippen molar-refractivity contribution in [2.75, 3.05) is 0 Å². The monoisotopic (exact) mass is 231 g/mol. The quantitative estimate of drug-likeness (QED) is 0.730. The van der Waals surface area contributed by atoms with Crippen LogP contribution in [0.2, 0.25) is 0 Å². The molecule has 2 rings (SSSR count). The zero-order valence-electron chi connectivity index (χ0n) is 7.57. The highest BCUT2D eigenvalue weighted by Crippen LogP contribution is 2.46. The molecule has 1 aromatic rings. The Morgan fingerprint density at radius 1 is 1.13 bits per heavy atom. The van der Waals surface area contributed by atoms with E-state index in [0.717, 1.165) is 0 Å². The van der Waals surface area contributed by atoms with Gasteiger partial charge in [-0.25, -0.2) is 0 Å². The fourth-order valence-electron chi connectivity index (χ4n) is 1.32. The van der Waals surface area contributed by atoms with Crippen LogP contribution in [-0.2, 0) is 6.18 Å². The van der Waals surface area contributed by atoms with Crippen LogP contribution in [0, 0.1) is 0 Å². The molecule has 0 atom stereocenters. The summed E-state index contributed by atoms with van der Waals surface area (Å²) in [5.41, 5.74) is -0.771. The molecule has 0 saturated heterocycles. The van der Waals surface area contributed by atoms with E-state index in [4.69, 9.17) is 0 Å². The van der Waals surface area contributed by atoms with Crippen molar-refractivity contribution < 1.29 is 13.2 Å². The first kappa shape index (κ1) is 10.3. The van der Waals surface area contributed by atoms with Crippen LogP contribution in [0.15, 0.2) is 46.2 Å². The first-order valence-corrected chi connectivity index (χ1v) is 5.72. The Kier molecular flexibility index (Phi) is 2.56. The van der Waals surface area contributed by atoms with Crippen molar-refractivity contribution in [3.8, 4) is 0 Å². The molecule has 1 aliphatic heterocycles. The van der Waals surface area contributed by atoms with Crippen molar-refractivity contribution in [1.82, 2.24) is 4.98 Å². The van der Waals surface area contributed by atoms with Gasteiger partial charge in [0.05, 0.1) is 0 Å². The van der Waals surface area contributed by atoms with E-state index in [1.165, 1.54) is 18.3 Å². The Balaban J connectivity index is 2.47. The van der Waals surface area contributed by atoms with E-state index in [-0.39, 0.29) is 4.90 Å². The zero-order chi connectivity index (χ0) is 10.9. The molecule has 0 aromatic carbocycles. The number of halogens is 3. The molecule has 0 bridgehead atoms. The lowest BCUT2D eigenvalue weighted by Crippen LogP contribution is -2.09. The molecular formula is C10H8F3NS. The molecule has 0 fully saturated rings. The van der Waals surface area contributed by atoms with Gasteiger partial charge in [-0.05, 0) is 22.9 Å². The fourth-order valence-corrected chi connectivity index (χ4v) is 3.00. The number of allylic oxidation sites excluding steroid dienone is 2. The predicted molar refractivity (Wildman–Crippen MR) is 54.8 cm³/mol. The highest BCUT2D eigenvalue weighted by atomic mass is 32.2. The van der Waals surface area contributed by atoms with Gasteiger partial charge >= 0.3 is 6.18 Å². The highest BCUT2D eigenvalue weighted by Gasteiger charge is 2.35. The van der Waals surface area contributed by atoms with Crippen molar-refractivity contribution in [2.45, 2.75) is 11.1 Å². The third-order valence-electron chi connectivity index (χ3n) is 1.94. The lowest BCUT2D eigenvalue weighted by molar-refractivity contribution is -0.143. The molecule has 80 valence electrons. The van der Waals surface area contributed by atoms with Crippen LogP contribution in [0.4, 0.5) is 13.2 Å². The molecule has 1 nitrogen and oxygen atoms in total. The molecule has 0 N–H and O–H groups in total. The largest absolute Gasteiger partial charge is 0.434 e. The molecular weight excluding hydrogens is 223 g/mol. The van der Waals surface area contributed by atoms with E-state index in [2.05, 4.69) is 4.98 Å². The van der Waals surface area contributed by atoms with Crippen molar-refractivity contribution >= 4 is 10.9 Å². The van der Waals surface area contributed by atoms with E-state index < -0.39 is 22.8 Å². The van der Waals surface area contributed by atoms with Crippen LogP contribution in [0.5, 0.6) is 0 Å². The maximum Gasteiger partial charge on any atom is 0.434 e. The van der Waals surface area contributed by atoms with E-state index >= 15 is 0 Å². The van der Waals surface area contributed by atoms with Crippen molar-refractivity contribution in [3.63, 3.8) is 0 Å². The first-order valence-electron chi connectivity index (χ1n) is 4.24. The lowest BCUT2D eigenvalue weighted by Gasteiger charge is -2.16. The molecule has 1 aromatic heterocycles. The summed E-state index contributed by atoms with van der Waals surface area (Å²) in [4.78, 5) is 3.69. The topological polar surface area (TPSA) is 12.9 Å². The lowest BCUT2D eigenvalue weighted by atomic mass is 10.3. The summed E-state index contributed by atoms with van der Waals surface area (Å²) in [7, 11) is -0.969. The van der Waals surface area contributed by atoms with Crippen LogP contribution in [0.3, 0.4) is 0 Å². The molecule has 0 aliphatic carbocycles. The number of pyridine rings is 1. The Bertz CT molecular complexity index is 411. The molecule has 1 aliphatic rings. The van der Waals surface area contributed by atoms with Crippen LogP contribution in [0.1, 0.15) is 5.69 Å². The smallest absolute Gasteiger partial charge is 0.251 e. The Labute approximate surface area is 87.7 Å². The summed E-state index contributed by atoms with van der Waals surface area (Å²) < 4.78 is 37.8. The van der Waals surface area contributed by atoms with E-state index in [1.807, 2.05) is 0 Å². The minimum atomic E-state index is -4.37. The second kappa shape index (κ2) is 3.73. The average molecular weight is 231 g/mol. The Hall–Kier alpha value is -1.23. The summed E-state index contributed by atoms with van der Waals surface area (Å²) in [6.45, 7) is 0. The number of hydrogen-bond donors (Lipinski definition) is 1. The summed E-state index contributed by atoms with van der Waals surface area (Å²) >= 11 is 0. The van der Waals surface area contributed by atoms with Crippen LogP contribution >= 0.6 is 10.9 Å². The molecule has 0 unspecified atom stereocenters. The van der Waals surface area contributed by atoms with Gasteiger partial charge < -0.3 is 0 Å². The highest BCUT2D eigenvalue weighted by molar-refractivity contribution is 8.22.